The number of nitrogens with zero attached hydrogens (tertiary/aromatic N) is 2. The fourth-order valence-corrected chi connectivity index (χ4v) is 4.45. The monoisotopic (exact) mass is 459 g/mol. The van der Waals surface area contributed by atoms with Gasteiger partial charge in [-0.05, 0) is 42.8 Å². The van der Waals surface area contributed by atoms with E-state index in [0.717, 1.165) is 15.9 Å². The summed E-state index contributed by atoms with van der Waals surface area (Å²) in [5.74, 6) is -0.628. The second kappa shape index (κ2) is 9.15. The van der Waals surface area contributed by atoms with Gasteiger partial charge in [-0.3, -0.25) is 19.2 Å². The molecule has 1 amide bonds. The largest absolute Gasteiger partial charge is 0.324 e. The molecular weight excluding hydrogens is 442 g/mol. The number of non-ortho nitro benzene ring substituents is 1. The molecule has 0 aromatic heterocycles. The van der Waals surface area contributed by atoms with Crippen molar-refractivity contribution in [2.75, 3.05) is 16.2 Å². The molecule has 0 radical (unpaired) electrons. The zero-order chi connectivity index (χ0) is 22.6. The van der Waals surface area contributed by atoms with Crippen molar-refractivity contribution < 1.29 is 18.1 Å². The van der Waals surface area contributed by atoms with E-state index in [1.54, 1.807) is 43.3 Å². The Hall–Kier alpha value is -3.43. The molecule has 1 N–H and O–H groups in total. The third-order valence-corrected chi connectivity index (χ3v) is 6.44. The van der Waals surface area contributed by atoms with Crippen LogP contribution in [-0.2, 0) is 14.8 Å². The number of sulfonamides is 1. The second-order valence-electron chi connectivity index (χ2n) is 6.61. The fraction of sp³-hybridized carbons (Fsp3) is 0.0952. The van der Waals surface area contributed by atoms with Gasteiger partial charge in [-0.25, -0.2) is 8.42 Å². The first kappa shape index (κ1) is 22.3. The van der Waals surface area contributed by atoms with Crippen molar-refractivity contribution in [3.63, 3.8) is 0 Å². The first-order valence-corrected chi connectivity index (χ1v) is 10.9. The molecule has 0 unspecified atom stereocenters. The van der Waals surface area contributed by atoms with Gasteiger partial charge in [-0.15, -0.1) is 0 Å². The number of nitrogens with one attached hydrogen (secondary N) is 1. The van der Waals surface area contributed by atoms with Crippen molar-refractivity contribution in [2.24, 2.45) is 0 Å². The van der Waals surface area contributed by atoms with Gasteiger partial charge in [0.15, 0.2) is 0 Å². The van der Waals surface area contributed by atoms with Crippen LogP contribution >= 0.6 is 11.6 Å². The van der Waals surface area contributed by atoms with Gasteiger partial charge in [-0.1, -0.05) is 41.9 Å². The summed E-state index contributed by atoms with van der Waals surface area (Å²) in [7, 11) is -4.18. The van der Waals surface area contributed by atoms with Gasteiger partial charge in [0.1, 0.15) is 6.54 Å². The highest BCUT2D eigenvalue weighted by Crippen LogP contribution is 2.27. The summed E-state index contributed by atoms with van der Waals surface area (Å²) < 4.78 is 27.4. The number of rotatable bonds is 7. The molecule has 0 fully saturated rings. The third-order valence-electron chi connectivity index (χ3n) is 4.42. The van der Waals surface area contributed by atoms with Crippen LogP contribution in [0.4, 0.5) is 17.1 Å². The van der Waals surface area contributed by atoms with Crippen LogP contribution in [0.15, 0.2) is 77.7 Å². The van der Waals surface area contributed by atoms with Crippen molar-refractivity contribution in [3.8, 4) is 0 Å². The number of hydrogen-bond donors (Lipinski definition) is 1. The molecule has 8 nitrogen and oxygen atoms in total. The summed E-state index contributed by atoms with van der Waals surface area (Å²) >= 11 is 5.98. The quantitative estimate of drug-likeness (QED) is 0.416. The van der Waals surface area contributed by atoms with Crippen LogP contribution in [0.2, 0.25) is 5.02 Å². The van der Waals surface area contributed by atoms with Crippen LogP contribution in [0.1, 0.15) is 5.56 Å². The first-order chi connectivity index (χ1) is 14.7. The molecule has 0 saturated carbocycles. The van der Waals surface area contributed by atoms with Crippen LogP contribution in [0.25, 0.3) is 0 Å². The van der Waals surface area contributed by atoms with E-state index in [1.165, 1.54) is 30.3 Å². The molecule has 3 aromatic rings. The lowest BCUT2D eigenvalue weighted by molar-refractivity contribution is -0.384. The van der Waals surface area contributed by atoms with E-state index in [2.05, 4.69) is 5.32 Å². The van der Waals surface area contributed by atoms with Crippen LogP contribution < -0.4 is 9.62 Å². The summed E-state index contributed by atoms with van der Waals surface area (Å²) in [5.41, 5.74) is 0.882. The predicted molar refractivity (Wildman–Crippen MR) is 119 cm³/mol. The van der Waals surface area contributed by atoms with Crippen LogP contribution in [0.5, 0.6) is 0 Å². The number of carbonyl (C=O) groups excluding carboxylic acids is 1. The second-order valence-corrected chi connectivity index (χ2v) is 8.91. The van der Waals surface area contributed by atoms with E-state index < -0.39 is 27.4 Å². The van der Waals surface area contributed by atoms with Crippen molar-refractivity contribution >= 4 is 44.6 Å². The third kappa shape index (κ3) is 5.19. The van der Waals surface area contributed by atoms with E-state index in [9.17, 15) is 23.3 Å². The number of anilines is 2. The zero-order valence-electron chi connectivity index (χ0n) is 16.4. The molecule has 0 bridgehead atoms. The van der Waals surface area contributed by atoms with Gasteiger partial charge < -0.3 is 5.32 Å². The van der Waals surface area contributed by atoms with Crippen molar-refractivity contribution in [2.45, 2.75) is 11.8 Å². The molecular formula is C21H18ClN3O5S. The van der Waals surface area contributed by atoms with Gasteiger partial charge in [0.05, 0.1) is 15.5 Å². The summed E-state index contributed by atoms with van der Waals surface area (Å²) in [6, 6.07) is 17.6. The highest BCUT2D eigenvalue weighted by molar-refractivity contribution is 7.92. The minimum atomic E-state index is -4.18. The Morgan fingerprint density at radius 1 is 1.06 bits per heavy atom. The Balaban J connectivity index is 2.00. The maximum Gasteiger partial charge on any atom is 0.271 e. The molecule has 0 aliphatic heterocycles. The Bertz CT molecular complexity index is 1230. The van der Waals surface area contributed by atoms with Gasteiger partial charge in [-0.2, -0.15) is 0 Å². The first-order valence-electron chi connectivity index (χ1n) is 9.07. The van der Waals surface area contributed by atoms with E-state index >= 15 is 0 Å². The topological polar surface area (TPSA) is 110 Å². The van der Waals surface area contributed by atoms with Gasteiger partial charge in [0.2, 0.25) is 5.91 Å². The predicted octanol–water partition coefficient (Wildman–Crippen LogP) is 4.39. The number of carbonyl (C=O) groups is 1. The average Bonchev–Trinajstić information content (AvgIpc) is 2.75. The number of benzene rings is 3. The lowest BCUT2D eigenvalue weighted by Gasteiger charge is -2.24. The Morgan fingerprint density at radius 3 is 2.45 bits per heavy atom. The number of aryl methyl sites for hydroxylation is 1. The number of nitro benzene ring substituents is 1. The molecule has 10 heteroatoms. The smallest absolute Gasteiger partial charge is 0.271 e. The van der Waals surface area contributed by atoms with E-state index in [-0.39, 0.29) is 16.3 Å². The molecule has 0 aliphatic carbocycles. The SMILES string of the molecule is Cc1ccc(Cl)cc1NC(=O)CN(c1cccc([N+](=O)[O-])c1)S(=O)(=O)c1ccccc1. The molecule has 3 aromatic carbocycles. The molecule has 0 heterocycles. The average molecular weight is 460 g/mol. The Kier molecular flexibility index (Phi) is 6.57. The molecule has 160 valence electrons. The molecule has 3 rings (SSSR count). The lowest BCUT2D eigenvalue weighted by Crippen LogP contribution is -2.38. The highest BCUT2D eigenvalue weighted by atomic mass is 35.5. The van der Waals surface area contributed by atoms with Crippen LogP contribution in [0, 0.1) is 17.0 Å². The minimum absolute atomic E-state index is 0.00369. The molecule has 0 atom stereocenters. The maximum absolute atomic E-state index is 13.3. The summed E-state index contributed by atoms with van der Waals surface area (Å²) in [4.78, 5) is 23.3. The maximum atomic E-state index is 13.3. The number of hydrogen-bond acceptors (Lipinski definition) is 5. The normalized spacial score (nSPS) is 11.0. The number of amides is 1. The minimum Gasteiger partial charge on any atom is -0.324 e. The number of nitro groups is 1. The van der Waals surface area contributed by atoms with Crippen LogP contribution in [0.3, 0.4) is 0 Å². The Labute approximate surface area is 184 Å². The zero-order valence-corrected chi connectivity index (χ0v) is 17.9. The Morgan fingerprint density at radius 2 is 1.77 bits per heavy atom. The van der Waals surface area contributed by atoms with Crippen molar-refractivity contribution in [1.29, 1.82) is 0 Å². The van der Waals surface area contributed by atoms with E-state index in [0.29, 0.717) is 10.7 Å². The fourth-order valence-electron chi connectivity index (χ4n) is 2.85. The lowest BCUT2D eigenvalue weighted by atomic mass is 10.2. The number of halogens is 1. The molecule has 31 heavy (non-hydrogen) atoms. The highest BCUT2D eigenvalue weighted by Gasteiger charge is 2.28. The summed E-state index contributed by atoms with van der Waals surface area (Å²) in [6.07, 6.45) is 0. The van der Waals surface area contributed by atoms with Gasteiger partial charge in [0.25, 0.3) is 15.7 Å². The molecule has 0 saturated heterocycles. The van der Waals surface area contributed by atoms with Crippen molar-refractivity contribution in [1.82, 2.24) is 0 Å². The van der Waals surface area contributed by atoms with Crippen molar-refractivity contribution in [3.05, 3.63) is 93.5 Å². The van der Waals surface area contributed by atoms with E-state index in [4.69, 9.17) is 11.6 Å². The molecule has 0 aliphatic rings. The molecule has 0 spiro atoms. The summed E-state index contributed by atoms with van der Waals surface area (Å²) in [5, 5.41) is 14.2. The standard InChI is InChI=1S/C21H18ClN3O5S/c1-15-10-11-16(22)12-20(15)23-21(26)14-24(17-6-5-7-18(13-17)25(27)28)31(29,30)19-8-3-2-4-9-19/h2-13H,14H2,1H3,(H,23,26). The summed E-state index contributed by atoms with van der Waals surface area (Å²) in [6.45, 7) is 1.18. The van der Waals surface area contributed by atoms with Gasteiger partial charge in [0, 0.05) is 22.8 Å². The van der Waals surface area contributed by atoms with Crippen LogP contribution in [-0.4, -0.2) is 25.8 Å². The van der Waals surface area contributed by atoms with Gasteiger partial charge >= 0.3 is 0 Å². The van der Waals surface area contributed by atoms with E-state index in [1.807, 2.05) is 0 Å².